The first kappa shape index (κ1) is 40.1. The average molecular weight is 597 g/mol. The molecule has 0 bridgehead atoms. The summed E-state index contributed by atoms with van der Waals surface area (Å²) >= 11 is 0. The Morgan fingerprint density at radius 1 is 0.500 bits per heavy atom. The van der Waals surface area contributed by atoms with Crippen LogP contribution in [-0.2, 0) is 14.4 Å². The smallest absolute Gasteiger partial charge is 0.306 e. The maximum Gasteiger partial charge on any atom is 0.306 e. The van der Waals surface area contributed by atoms with Crippen LogP contribution in [0.5, 0.6) is 0 Å². The molecule has 7 heteroatoms. The molecule has 7 nitrogen and oxygen atoms in total. The van der Waals surface area contributed by atoms with E-state index in [-0.39, 0.29) is 0 Å². The third kappa shape index (κ3) is 21.8. The van der Waals surface area contributed by atoms with E-state index in [1.807, 2.05) is 0 Å². The van der Waals surface area contributed by atoms with Gasteiger partial charge in [-0.2, -0.15) is 0 Å². The Kier molecular flexibility index (Phi) is 24.4. The fourth-order valence-electron chi connectivity index (χ4n) is 5.48. The Morgan fingerprint density at radius 3 is 1.14 bits per heavy atom. The van der Waals surface area contributed by atoms with E-state index in [0.717, 1.165) is 19.4 Å². The number of carboxylic acid groups (broad SMARTS) is 3. The third-order valence-corrected chi connectivity index (χ3v) is 9.02. The van der Waals surface area contributed by atoms with Crippen LogP contribution in [0, 0.1) is 17.8 Å². The maximum atomic E-state index is 11.5. The molecular weight excluding hydrogens is 530 g/mol. The highest BCUT2D eigenvalue weighted by Crippen LogP contribution is 2.22. The van der Waals surface area contributed by atoms with Crippen molar-refractivity contribution in [2.75, 3.05) is 26.2 Å². The molecule has 0 spiro atoms. The van der Waals surface area contributed by atoms with Crippen LogP contribution in [0.1, 0.15) is 150 Å². The van der Waals surface area contributed by atoms with Gasteiger partial charge >= 0.3 is 17.9 Å². The second-order valence-corrected chi connectivity index (χ2v) is 13.0. The minimum absolute atomic E-state index is 0.478. The van der Waals surface area contributed by atoms with Crippen molar-refractivity contribution in [1.82, 2.24) is 0 Å². The molecule has 0 fully saturated rings. The second-order valence-electron chi connectivity index (χ2n) is 13.0. The SMILES string of the molecule is CCCC/C=C/CCCCCCCCCCCCCC[N+](CCC(C)C(=O)O)(CCC(C)C(=O)O)CCC(C)C(=O)O. The van der Waals surface area contributed by atoms with Crippen LogP contribution >= 0.6 is 0 Å². The number of nitrogens with zero attached hydrogens (tertiary/aromatic N) is 1. The van der Waals surface area contributed by atoms with Gasteiger partial charge in [-0.15, -0.1) is 0 Å². The van der Waals surface area contributed by atoms with Crippen molar-refractivity contribution in [2.24, 2.45) is 17.8 Å². The highest BCUT2D eigenvalue weighted by atomic mass is 16.4. The average Bonchev–Trinajstić information content (AvgIpc) is 2.96. The summed E-state index contributed by atoms with van der Waals surface area (Å²) in [6, 6.07) is 0. The molecule has 0 saturated heterocycles. The van der Waals surface area contributed by atoms with Crippen molar-refractivity contribution in [1.29, 1.82) is 0 Å². The first-order valence-electron chi connectivity index (χ1n) is 17.2. The van der Waals surface area contributed by atoms with E-state index in [0.29, 0.717) is 43.4 Å². The first-order chi connectivity index (χ1) is 20.0. The molecule has 0 aliphatic heterocycles. The van der Waals surface area contributed by atoms with Crippen molar-refractivity contribution < 1.29 is 34.2 Å². The van der Waals surface area contributed by atoms with Crippen LogP contribution in [-0.4, -0.2) is 63.9 Å². The minimum Gasteiger partial charge on any atom is -0.481 e. The summed E-state index contributed by atoms with van der Waals surface area (Å²) < 4.78 is 0.613. The molecule has 0 aromatic heterocycles. The zero-order chi connectivity index (χ0) is 31.6. The zero-order valence-electron chi connectivity index (χ0n) is 27.7. The third-order valence-electron chi connectivity index (χ3n) is 9.02. The molecule has 42 heavy (non-hydrogen) atoms. The summed E-state index contributed by atoms with van der Waals surface area (Å²) in [5.74, 6) is -3.90. The Bertz CT molecular complexity index is 677. The lowest BCUT2D eigenvalue weighted by Gasteiger charge is -2.40. The van der Waals surface area contributed by atoms with Gasteiger partial charge in [0.05, 0.1) is 43.9 Å². The van der Waals surface area contributed by atoms with Crippen molar-refractivity contribution >= 4 is 17.9 Å². The molecule has 0 saturated carbocycles. The lowest BCUT2D eigenvalue weighted by Crippen LogP contribution is -2.52. The van der Waals surface area contributed by atoms with E-state index in [1.54, 1.807) is 20.8 Å². The number of allylic oxidation sites excluding steroid dienone is 2. The van der Waals surface area contributed by atoms with Gasteiger partial charge in [0.2, 0.25) is 0 Å². The standard InChI is InChI=1S/C35H65NO6/c1-5-6-7-8-9-10-11-12-13-14-15-16-17-18-19-20-21-22-26-36(27-23-30(2)33(37)38,28-24-31(3)34(39)40)29-25-32(4)35(41)42/h8-9,30-32H,5-7,10-29H2,1-4H3,(H2-,37,38,39,40,41,42)/p+1/b9-8+. The number of quaternary nitrogens is 1. The number of carboxylic acids is 3. The van der Waals surface area contributed by atoms with E-state index in [4.69, 9.17) is 0 Å². The van der Waals surface area contributed by atoms with Crippen LogP contribution in [0.25, 0.3) is 0 Å². The van der Waals surface area contributed by atoms with Crippen molar-refractivity contribution in [3.63, 3.8) is 0 Å². The Balaban J connectivity index is 4.50. The van der Waals surface area contributed by atoms with Gasteiger partial charge in [0.25, 0.3) is 0 Å². The Morgan fingerprint density at radius 2 is 0.810 bits per heavy atom. The van der Waals surface area contributed by atoms with Crippen molar-refractivity contribution in [2.45, 2.75) is 150 Å². The van der Waals surface area contributed by atoms with E-state index in [9.17, 15) is 29.7 Å². The Labute approximate surface area is 257 Å². The van der Waals surface area contributed by atoms with Gasteiger partial charge < -0.3 is 19.8 Å². The largest absolute Gasteiger partial charge is 0.481 e. The topological polar surface area (TPSA) is 112 Å². The van der Waals surface area contributed by atoms with Crippen molar-refractivity contribution in [3.05, 3.63) is 12.2 Å². The summed E-state index contributed by atoms with van der Waals surface area (Å²) in [4.78, 5) is 34.5. The predicted molar refractivity (Wildman–Crippen MR) is 173 cm³/mol. The first-order valence-corrected chi connectivity index (χ1v) is 17.2. The number of hydrogen-bond donors (Lipinski definition) is 3. The van der Waals surface area contributed by atoms with Gasteiger partial charge in [-0.25, -0.2) is 0 Å². The fraction of sp³-hybridized carbons (Fsp3) is 0.857. The molecular formula is C35H66NO6+. The number of unbranched alkanes of at least 4 members (excludes halogenated alkanes) is 14. The molecule has 0 aromatic carbocycles. The molecule has 246 valence electrons. The lowest BCUT2D eigenvalue weighted by molar-refractivity contribution is -0.929. The van der Waals surface area contributed by atoms with Crippen LogP contribution < -0.4 is 0 Å². The highest BCUT2D eigenvalue weighted by Gasteiger charge is 2.31. The van der Waals surface area contributed by atoms with Crippen LogP contribution in [0.3, 0.4) is 0 Å². The quantitative estimate of drug-likeness (QED) is 0.0433. The summed E-state index contributed by atoms with van der Waals surface area (Å²) in [6.45, 7) is 10.1. The zero-order valence-corrected chi connectivity index (χ0v) is 27.7. The summed E-state index contributed by atoms with van der Waals surface area (Å²) in [7, 11) is 0. The van der Waals surface area contributed by atoms with Crippen molar-refractivity contribution in [3.8, 4) is 0 Å². The van der Waals surface area contributed by atoms with Crippen LogP contribution in [0.4, 0.5) is 0 Å². The van der Waals surface area contributed by atoms with E-state index < -0.39 is 35.7 Å². The van der Waals surface area contributed by atoms with Gasteiger partial charge in [0.15, 0.2) is 0 Å². The number of carbonyl (C=O) groups is 3. The van der Waals surface area contributed by atoms with Gasteiger partial charge in [0.1, 0.15) is 0 Å². The molecule has 0 aliphatic rings. The lowest BCUT2D eigenvalue weighted by atomic mass is 10.0. The second kappa shape index (κ2) is 25.6. The van der Waals surface area contributed by atoms with E-state index in [2.05, 4.69) is 19.1 Å². The van der Waals surface area contributed by atoms with Crippen LogP contribution in [0.15, 0.2) is 12.2 Å². The monoisotopic (exact) mass is 596 g/mol. The molecule has 0 rings (SSSR count). The van der Waals surface area contributed by atoms with Gasteiger partial charge in [-0.05, 0) is 32.1 Å². The molecule has 3 atom stereocenters. The maximum absolute atomic E-state index is 11.5. The molecule has 0 aromatic rings. The number of hydrogen-bond acceptors (Lipinski definition) is 3. The molecule has 0 amide bonds. The summed E-state index contributed by atoms with van der Waals surface area (Å²) in [5.41, 5.74) is 0. The van der Waals surface area contributed by atoms with Gasteiger partial charge in [-0.3, -0.25) is 14.4 Å². The molecule has 0 heterocycles. The highest BCUT2D eigenvalue weighted by molar-refractivity contribution is 5.70. The predicted octanol–water partition coefficient (Wildman–Crippen LogP) is 8.95. The molecule has 3 unspecified atom stereocenters. The molecule has 3 N–H and O–H groups in total. The molecule has 0 radical (unpaired) electrons. The normalized spacial score (nSPS) is 15.3. The van der Waals surface area contributed by atoms with Gasteiger partial charge in [-0.1, -0.05) is 110 Å². The number of rotatable bonds is 30. The fourth-order valence-corrected chi connectivity index (χ4v) is 5.48. The summed E-state index contributed by atoms with van der Waals surface area (Å²) in [5, 5.41) is 28.3. The van der Waals surface area contributed by atoms with Crippen LogP contribution in [0.2, 0.25) is 0 Å². The summed E-state index contributed by atoms with van der Waals surface area (Å²) in [6.07, 6.45) is 26.3. The van der Waals surface area contributed by atoms with E-state index in [1.165, 1.54) is 89.9 Å². The number of aliphatic carboxylic acids is 3. The van der Waals surface area contributed by atoms with E-state index >= 15 is 0 Å². The Hall–Kier alpha value is -1.89. The molecule has 0 aliphatic carbocycles. The minimum atomic E-state index is -0.823. The van der Waals surface area contributed by atoms with Gasteiger partial charge in [0, 0.05) is 19.3 Å².